The van der Waals surface area contributed by atoms with E-state index in [1.54, 1.807) is 0 Å². The van der Waals surface area contributed by atoms with Crippen molar-refractivity contribution < 1.29 is 10.2 Å². The molecular formula is C35H29N3O2. The number of aliphatic hydroxyl groups is 2. The number of aliphatic hydroxyl groups excluding tert-OH is 2. The predicted octanol–water partition coefficient (Wildman–Crippen LogP) is 9.39. The first kappa shape index (κ1) is 26.1. The van der Waals surface area contributed by atoms with E-state index in [1.165, 1.54) is 0 Å². The SMILES string of the molecule is C=C(O)c1ccc(N(c2ccc(C=NN(c3ccccc3)c3ccccc3)cc2)c2ccc(C(=C)O)cc2)cc1. The van der Waals surface area contributed by atoms with Gasteiger partial charge >= 0.3 is 0 Å². The van der Waals surface area contributed by atoms with Crippen LogP contribution in [-0.2, 0) is 0 Å². The molecule has 0 atom stereocenters. The Balaban J connectivity index is 1.47. The molecule has 5 rings (SSSR count). The van der Waals surface area contributed by atoms with E-state index in [0.29, 0.717) is 11.1 Å². The molecule has 0 heterocycles. The summed E-state index contributed by atoms with van der Waals surface area (Å²) in [7, 11) is 0. The van der Waals surface area contributed by atoms with Gasteiger partial charge in [0.15, 0.2) is 0 Å². The minimum absolute atomic E-state index is 0.0209. The highest BCUT2D eigenvalue weighted by atomic mass is 16.3. The van der Waals surface area contributed by atoms with Crippen LogP contribution in [0.4, 0.5) is 28.4 Å². The molecule has 0 unspecified atom stereocenters. The van der Waals surface area contributed by atoms with Crippen LogP contribution in [0, 0.1) is 0 Å². The molecule has 0 bridgehead atoms. The van der Waals surface area contributed by atoms with Gasteiger partial charge in [-0.05, 0) is 90.5 Å². The first-order valence-electron chi connectivity index (χ1n) is 12.8. The highest BCUT2D eigenvalue weighted by Gasteiger charge is 2.14. The van der Waals surface area contributed by atoms with Crippen molar-refractivity contribution in [3.8, 4) is 0 Å². The summed E-state index contributed by atoms with van der Waals surface area (Å²) in [4.78, 5) is 2.09. The van der Waals surface area contributed by atoms with E-state index in [4.69, 9.17) is 5.10 Å². The molecule has 2 N–H and O–H groups in total. The summed E-state index contributed by atoms with van der Waals surface area (Å²) in [5.41, 5.74) is 6.94. The van der Waals surface area contributed by atoms with Crippen LogP contribution < -0.4 is 9.91 Å². The van der Waals surface area contributed by atoms with E-state index in [9.17, 15) is 10.2 Å². The minimum atomic E-state index is 0.0209. The minimum Gasteiger partial charge on any atom is -0.508 e. The van der Waals surface area contributed by atoms with Gasteiger partial charge in [0.1, 0.15) is 11.5 Å². The molecule has 0 aliphatic heterocycles. The van der Waals surface area contributed by atoms with Crippen LogP contribution in [0.2, 0.25) is 0 Å². The van der Waals surface area contributed by atoms with E-state index >= 15 is 0 Å². The van der Waals surface area contributed by atoms with Crippen LogP contribution in [0.15, 0.2) is 152 Å². The summed E-state index contributed by atoms with van der Waals surface area (Å²) < 4.78 is 0. The maximum Gasteiger partial charge on any atom is 0.115 e. The monoisotopic (exact) mass is 523 g/mol. The van der Waals surface area contributed by atoms with Gasteiger partial charge in [0.25, 0.3) is 0 Å². The zero-order valence-corrected chi connectivity index (χ0v) is 21.9. The molecule has 40 heavy (non-hydrogen) atoms. The second-order valence-corrected chi connectivity index (χ2v) is 9.14. The molecule has 0 amide bonds. The lowest BCUT2D eigenvalue weighted by molar-refractivity contribution is 0.513. The number of rotatable bonds is 9. The lowest BCUT2D eigenvalue weighted by Gasteiger charge is -2.26. The van der Waals surface area contributed by atoms with Crippen molar-refractivity contribution in [2.45, 2.75) is 0 Å². The Hall–Kier alpha value is -5.55. The summed E-state index contributed by atoms with van der Waals surface area (Å²) >= 11 is 0. The fourth-order valence-electron chi connectivity index (χ4n) is 4.31. The molecule has 0 saturated carbocycles. The Labute approximate surface area is 234 Å². The Bertz CT molecular complexity index is 1510. The van der Waals surface area contributed by atoms with Gasteiger partial charge < -0.3 is 15.1 Å². The summed E-state index contributed by atoms with van der Waals surface area (Å²) in [5, 5.41) is 26.3. The molecule has 0 radical (unpaired) electrons. The van der Waals surface area contributed by atoms with Crippen molar-refractivity contribution in [1.82, 2.24) is 0 Å². The highest BCUT2D eigenvalue weighted by molar-refractivity contribution is 5.84. The number of anilines is 5. The third-order valence-corrected chi connectivity index (χ3v) is 6.39. The third kappa shape index (κ3) is 5.95. The average Bonchev–Trinajstić information content (AvgIpc) is 3.00. The van der Waals surface area contributed by atoms with Crippen LogP contribution in [-0.4, -0.2) is 16.4 Å². The Kier molecular flexibility index (Phi) is 7.74. The zero-order chi connectivity index (χ0) is 27.9. The molecule has 0 fully saturated rings. The van der Waals surface area contributed by atoms with Crippen molar-refractivity contribution in [2.24, 2.45) is 5.10 Å². The molecule has 0 aliphatic carbocycles. The summed E-state index contributed by atoms with van der Waals surface area (Å²) in [6.45, 7) is 7.23. The van der Waals surface area contributed by atoms with Gasteiger partial charge in [-0.2, -0.15) is 5.10 Å². The zero-order valence-electron chi connectivity index (χ0n) is 21.9. The number of benzene rings is 5. The lowest BCUT2D eigenvalue weighted by atomic mass is 10.1. The lowest BCUT2D eigenvalue weighted by Crippen LogP contribution is -2.10. The topological polar surface area (TPSA) is 59.3 Å². The van der Waals surface area contributed by atoms with Gasteiger partial charge in [-0.3, -0.25) is 0 Å². The average molecular weight is 524 g/mol. The Morgan fingerprint density at radius 1 is 0.500 bits per heavy atom. The highest BCUT2D eigenvalue weighted by Crippen LogP contribution is 2.35. The first-order chi connectivity index (χ1) is 19.5. The van der Waals surface area contributed by atoms with Crippen molar-refractivity contribution in [2.75, 3.05) is 9.91 Å². The summed E-state index contributed by atoms with van der Waals surface area (Å²) in [6.07, 6.45) is 1.84. The summed E-state index contributed by atoms with van der Waals surface area (Å²) in [5.74, 6) is 0.0419. The maximum atomic E-state index is 9.78. The molecule has 196 valence electrons. The van der Waals surface area contributed by atoms with E-state index < -0.39 is 0 Å². The smallest absolute Gasteiger partial charge is 0.115 e. The maximum absolute atomic E-state index is 9.78. The number of hydrazone groups is 1. The van der Waals surface area contributed by atoms with Crippen LogP contribution in [0.1, 0.15) is 16.7 Å². The van der Waals surface area contributed by atoms with Gasteiger partial charge in [0.05, 0.1) is 17.6 Å². The van der Waals surface area contributed by atoms with Gasteiger partial charge in [-0.15, -0.1) is 0 Å². The fraction of sp³-hybridized carbons (Fsp3) is 0. The molecular weight excluding hydrogens is 494 g/mol. The van der Waals surface area contributed by atoms with E-state index in [-0.39, 0.29) is 11.5 Å². The van der Waals surface area contributed by atoms with Gasteiger partial charge in [0.2, 0.25) is 0 Å². The predicted molar refractivity (Wildman–Crippen MR) is 167 cm³/mol. The van der Waals surface area contributed by atoms with Gasteiger partial charge in [-0.1, -0.05) is 61.7 Å². The van der Waals surface area contributed by atoms with Crippen LogP contribution in [0.5, 0.6) is 0 Å². The molecule has 0 aliphatic rings. The van der Waals surface area contributed by atoms with Crippen molar-refractivity contribution in [1.29, 1.82) is 0 Å². The van der Waals surface area contributed by atoms with Gasteiger partial charge in [-0.25, -0.2) is 5.01 Å². The molecule has 5 aromatic rings. The van der Waals surface area contributed by atoms with Crippen molar-refractivity contribution in [3.63, 3.8) is 0 Å². The van der Waals surface area contributed by atoms with Crippen LogP contribution in [0.25, 0.3) is 11.5 Å². The number of hydrogen-bond donors (Lipinski definition) is 2. The Morgan fingerprint density at radius 3 is 1.25 bits per heavy atom. The van der Waals surface area contributed by atoms with Gasteiger partial charge in [0, 0.05) is 28.2 Å². The van der Waals surface area contributed by atoms with E-state index in [0.717, 1.165) is 34.0 Å². The largest absolute Gasteiger partial charge is 0.508 e. The first-order valence-corrected chi connectivity index (χ1v) is 12.8. The third-order valence-electron chi connectivity index (χ3n) is 6.39. The van der Waals surface area contributed by atoms with E-state index in [2.05, 4.69) is 18.1 Å². The molecule has 5 heteroatoms. The van der Waals surface area contributed by atoms with Crippen LogP contribution in [0.3, 0.4) is 0 Å². The summed E-state index contributed by atoms with van der Waals surface area (Å²) in [6, 6.07) is 43.2. The second kappa shape index (κ2) is 11.9. The number of para-hydroxylation sites is 2. The molecule has 5 nitrogen and oxygen atoms in total. The van der Waals surface area contributed by atoms with Crippen LogP contribution >= 0.6 is 0 Å². The fourth-order valence-corrected chi connectivity index (χ4v) is 4.31. The number of hydrogen-bond acceptors (Lipinski definition) is 5. The second-order valence-electron chi connectivity index (χ2n) is 9.14. The molecule has 0 aromatic heterocycles. The molecule has 5 aromatic carbocycles. The van der Waals surface area contributed by atoms with Crippen molar-refractivity contribution in [3.05, 3.63) is 163 Å². The van der Waals surface area contributed by atoms with Crippen molar-refractivity contribution >= 4 is 46.2 Å². The molecule has 0 saturated heterocycles. The van der Waals surface area contributed by atoms with E-state index in [1.807, 2.05) is 145 Å². The standard InChI is InChI=1S/C35H29N3O2/c1-26(39)29-15-21-32(22-16-29)37(33-23-17-30(18-24-33)27(2)40)31-19-13-28(14-20-31)25-36-38(34-9-5-3-6-10-34)35-11-7-4-8-12-35/h3-25,39-40H,1-2H2. The quantitative estimate of drug-likeness (QED) is 0.115. The Morgan fingerprint density at radius 2 is 0.875 bits per heavy atom. The molecule has 0 spiro atoms. The normalized spacial score (nSPS) is 10.8. The number of nitrogens with zero attached hydrogens (tertiary/aromatic N) is 3.